The van der Waals surface area contributed by atoms with Crippen molar-refractivity contribution in [1.29, 1.82) is 0 Å². The molecule has 11 heavy (non-hydrogen) atoms. The van der Waals surface area contributed by atoms with Crippen LogP contribution in [0.1, 0.15) is 19.5 Å². The Morgan fingerprint density at radius 3 is 2.64 bits per heavy atom. The Hall–Kier alpha value is -0.0900. The second-order valence-electron chi connectivity index (χ2n) is 2.94. The average molecular weight is 188 g/mol. The Bertz CT molecular complexity index is 242. The first-order valence-corrected chi connectivity index (χ1v) is 5.26. The van der Waals surface area contributed by atoms with E-state index in [0.717, 1.165) is 0 Å². The molecule has 0 aliphatic carbocycles. The van der Waals surface area contributed by atoms with Crippen molar-refractivity contribution >= 4 is 22.5 Å². The van der Waals surface area contributed by atoms with Gasteiger partial charge in [-0.3, -0.25) is 4.68 Å². The number of rotatable bonds is 2. The SMILES string of the molecule is Cn1nccc1C(C)(C)SS. The van der Waals surface area contributed by atoms with Gasteiger partial charge >= 0.3 is 0 Å². The molecule has 1 aromatic heterocycles. The summed E-state index contributed by atoms with van der Waals surface area (Å²) >= 11 is 4.21. The molecule has 0 atom stereocenters. The summed E-state index contributed by atoms with van der Waals surface area (Å²) in [7, 11) is 3.48. The Balaban J connectivity index is 3.00. The molecular formula is C7H12N2S2. The zero-order valence-corrected chi connectivity index (χ0v) is 8.62. The normalized spacial score (nSPS) is 12.0. The zero-order valence-electron chi connectivity index (χ0n) is 6.90. The van der Waals surface area contributed by atoms with Gasteiger partial charge in [0.15, 0.2) is 0 Å². The minimum absolute atomic E-state index is 0.0361. The van der Waals surface area contributed by atoms with Crippen molar-refractivity contribution in [2.45, 2.75) is 18.6 Å². The van der Waals surface area contributed by atoms with E-state index in [0.29, 0.717) is 0 Å². The smallest absolute Gasteiger partial charge is 0.0621 e. The van der Waals surface area contributed by atoms with Crippen LogP contribution in [0.25, 0.3) is 0 Å². The quantitative estimate of drug-likeness (QED) is 0.566. The van der Waals surface area contributed by atoms with Crippen LogP contribution in [-0.2, 0) is 11.8 Å². The van der Waals surface area contributed by atoms with Gasteiger partial charge in [0.25, 0.3) is 0 Å². The number of thiol groups is 1. The fourth-order valence-corrected chi connectivity index (χ4v) is 1.59. The third kappa shape index (κ3) is 1.73. The first kappa shape index (κ1) is 9.00. The third-order valence-corrected chi connectivity index (χ3v) is 3.70. The fraction of sp³-hybridized carbons (Fsp3) is 0.571. The number of hydrogen-bond donors (Lipinski definition) is 1. The standard InChI is InChI=1S/C7H12N2S2/c1-7(2,11-10)6-4-5-8-9(6)3/h4-5,10H,1-3H3. The van der Waals surface area contributed by atoms with Gasteiger partial charge in [0, 0.05) is 13.2 Å². The lowest BCUT2D eigenvalue weighted by atomic mass is 10.1. The fourth-order valence-electron chi connectivity index (χ4n) is 1.01. The van der Waals surface area contributed by atoms with Crippen molar-refractivity contribution in [2.75, 3.05) is 0 Å². The molecule has 1 aromatic rings. The summed E-state index contributed by atoms with van der Waals surface area (Å²) < 4.78 is 1.91. The Morgan fingerprint density at radius 1 is 1.64 bits per heavy atom. The van der Waals surface area contributed by atoms with E-state index in [4.69, 9.17) is 0 Å². The van der Waals surface area contributed by atoms with E-state index < -0.39 is 0 Å². The highest BCUT2D eigenvalue weighted by atomic mass is 33.1. The first-order chi connectivity index (χ1) is 5.08. The molecule has 0 saturated carbocycles. The molecular weight excluding hydrogens is 176 g/mol. The minimum Gasteiger partial charge on any atom is -0.271 e. The Labute approximate surface area is 76.2 Å². The van der Waals surface area contributed by atoms with Crippen LogP contribution in [0.5, 0.6) is 0 Å². The lowest BCUT2D eigenvalue weighted by molar-refractivity contribution is 0.639. The van der Waals surface area contributed by atoms with Crippen molar-refractivity contribution in [3.63, 3.8) is 0 Å². The van der Waals surface area contributed by atoms with Crippen LogP contribution in [0.2, 0.25) is 0 Å². The number of nitrogens with zero attached hydrogens (tertiary/aromatic N) is 2. The van der Waals surface area contributed by atoms with Crippen molar-refractivity contribution in [1.82, 2.24) is 9.78 Å². The van der Waals surface area contributed by atoms with Crippen LogP contribution in [0.3, 0.4) is 0 Å². The van der Waals surface area contributed by atoms with E-state index in [1.54, 1.807) is 6.20 Å². The highest BCUT2D eigenvalue weighted by molar-refractivity contribution is 8.68. The molecule has 0 bridgehead atoms. The van der Waals surface area contributed by atoms with E-state index in [1.165, 1.54) is 16.5 Å². The van der Waals surface area contributed by atoms with E-state index >= 15 is 0 Å². The number of hydrogen-bond acceptors (Lipinski definition) is 3. The van der Waals surface area contributed by atoms with Crippen LogP contribution in [0, 0.1) is 0 Å². The lowest BCUT2D eigenvalue weighted by Crippen LogP contribution is -2.15. The second kappa shape index (κ2) is 3.11. The predicted octanol–water partition coefficient (Wildman–Crippen LogP) is 2.23. The monoisotopic (exact) mass is 188 g/mol. The molecule has 0 unspecified atom stereocenters. The van der Waals surface area contributed by atoms with Gasteiger partial charge in [0.05, 0.1) is 10.4 Å². The van der Waals surface area contributed by atoms with Crippen LogP contribution < -0.4 is 0 Å². The molecule has 4 heteroatoms. The first-order valence-electron chi connectivity index (χ1n) is 3.39. The minimum atomic E-state index is 0.0361. The number of aryl methyl sites for hydroxylation is 1. The molecule has 2 nitrogen and oxygen atoms in total. The Morgan fingerprint density at radius 2 is 2.27 bits per heavy atom. The average Bonchev–Trinajstić information content (AvgIpc) is 2.36. The predicted molar refractivity (Wildman–Crippen MR) is 52.8 cm³/mol. The summed E-state index contributed by atoms with van der Waals surface area (Å²) in [6.07, 6.45) is 1.81. The van der Waals surface area contributed by atoms with Crippen LogP contribution in [0.4, 0.5) is 0 Å². The largest absolute Gasteiger partial charge is 0.271 e. The van der Waals surface area contributed by atoms with Gasteiger partial charge in [-0.2, -0.15) is 5.10 Å². The van der Waals surface area contributed by atoms with Crippen LogP contribution in [-0.4, -0.2) is 9.78 Å². The highest BCUT2D eigenvalue weighted by Gasteiger charge is 2.22. The molecule has 62 valence electrons. The van der Waals surface area contributed by atoms with Crippen LogP contribution >= 0.6 is 22.5 Å². The molecule has 0 radical (unpaired) electrons. The van der Waals surface area contributed by atoms with E-state index in [9.17, 15) is 0 Å². The molecule has 0 aliphatic heterocycles. The molecule has 1 heterocycles. The van der Waals surface area contributed by atoms with Gasteiger partial charge in [0.2, 0.25) is 0 Å². The molecule has 0 aliphatic rings. The molecule has 0 spiro atoms. The maximum atomic E-state index is 4.21. The molecule has 0 aromatic carbocycles. The van der Waals surface area contributed by atoms with Crippen molar-refractivity contribution in [3.05, 3.63) is 18.0 Å². The van der Waals surface area contributed by atoms with Crippen molar-refractivity contribution in [3.8, 4) is 0 Å². The zero-order chi connectivity index (χ0) is 8.48. The second-order valence-corrected chi connectivity index (χ2v) is 4.69. The van der Waals surface area contributed by atoms with Gasteiger partial charge in [-0.25, -0.2) is 0 Å². The third-order valence-electron chi connectivity index (χ3n) is 1.67. The topological polar surface area (TPSA) is 17.8 Å². The molecule has 0 N–H and O–H groups in total. The summed E-state index contributed by atoms with van der Waals surface area (Å²) in [6, 6.07) is 2.02. The summed E-state index contributed by atoms with van der Waals surface area (Å²) in [5.74, 6) is 0. The van der Waals surface area contributed by atoms with E-state index in [2.05, 4.69) is 30.6 Å². The molecule has 0 saturated heterocycles. The van der Waals surface area contributed by atoms with Gasteiger partial charge in [-0.1, -0.05) is 10.8 Å². The maximum Gasteiger partial charge on any atom is 0.0621 e. The Kier molecular flexibility index (Phi) is 2.54. The van der Waals surface area contributed by atoms with Gasteiger partial charge < -0.3 is 0 Å². The van der Waals surface area contributed by atoms with Gasteiger partial charge in [-0.05, 0) is 19.9 Å². The van der Waals surface area contributed by atoms with E-state index in [1.807, 2.05) is 17.8 Å². The van der Waals surface area contributed by atoms with Crippen molar-refractivity contribution in [2.24, 2.45) is 7.05 Å². The summed E-state index contributed by atoms with van der Waals surface area (Å²) in [5.41, 5.74) is 1.19. The maximum absolute atomic E-state index is 4.21. The van der Waals surface area contributed by atoms with Gasteiger partial charge in [0.1, 0.15) is 0 Å². The lowest BCUT2D eigenvalue weighted by Gasteiger charge is -2.20. The van der Waals surface area contributed by atoms with E-state index in [-0.39, 0.29) is 4.75 Å². The molecule has 0 amide bonds. The van der Waals surface area contributed by atoms with Crippen molar-refractivity contribution < 1.29 is 0 Å². The summed E-state index contributed by atoms with van der Waals surface area (Å²) in [6.45, 7) is 4.25. The summed E-state index contributed by atoms with van der Waals surface area (Å²) in [5, 5.41) is 4.10. The number of aromatic nitrogens is 2. The van der Waals surface area contributed by atoms with Gasteiger partial charge in [-0.15, -0.1) is 11.7 Å². The van der Waals surface area contributed by atoms with Crippen LogP contribution in [0.15, 0.2) is 12.3 Å². The highest BCUT2D eigenvalue weighted by Crippen LogP contribution is 2.37. The molecule has 0 fully saturated rings. The molecule has 1 rings (SSSR count). The summed E-state index contributed by atoms with van der Waals surface area (Å²) in [4.78, 5) is 0.